The number of unbranched alkanes of at least 4 members (excludes halogenated alkanes) is 7. The van der Waals surface area contributed by atoms with Gasteiger partial charge in [-0.15, -0.1) is 0 Å². The molecule has 2 atom stereocenters. The van der Waals surface area contributed by atoms with Gasteiger partial charge in [0.05, 0.1) is 27.7 Å². The van der Waals surface area contributed by atoms with Crippen LogP contribution in [0.2, 0.25) is 0 Å². The Bertz CT molecular complexity index is 1290. The van der Waals surface area contributed by atoms with Crippen LogP contribution in [0.4, 0.5) is 0 Å². The van der Waals surface area contributed by atoms with E-state index >= 15 is 0 Å². The summed E-state index contributed by atoms with van der Waals surface area (Å²) in [7, 11) is 1.41. The Morgan fingerprint density at radius 1 is 0.561 bits per heavy atom. The van der Waals surface area contributed by atoms with Crippen molar-refractivity contribution in [3.63, 3.8) is 0 Å². The van der Waals surface area contributed by atoms with Gasteiger partial charge < -0.3 is 18.9 Å². The summed E-state index contributed by atoms with van der Waals surface area (Å²) >= 11 is 0. The Kier molecular flexibility index (Phi) is 36.4. The standard InChI is InChI=1S/C47H78NO8P/c1-6-8-10-12-14-16-18-20-22-23-24-25-26-28-29-31-33-35-37-39-46(49)53-43-45(44-55-57(51,52)54-42-41-48(3,4)5)56-47(50)40-38-36-34-32-30-27-21-19-17-15-13-11-9-7-2/h8,10,13-16,19-22,24-25,28-29,33,35,45H,6-7,9,11-12,17-18,23,26-27,30-32,34,36-44H2,1-5H3/p+1/b10-8-,15-13-,16-14-,21-19-,22-20-,25-24-,29-28-,35-33-/t45-/m1/s1. The molecule has 0 rings (SSSR count). The van der Waals surface area contributed by atoms with E-state index in [0.717, 1.165) is 83.5 Å². The molecule has 0 aliphatic carbocycles. The molecule has 1 unspecified atom stereocenters. The number of allylic oxidation sites excluding steroid dienone is 16. The molecular weight excluding hydrogens is 737 g/mol. The molecule has 0 fully saturated rings. The Morgan fingerprint density at radius 2 is 1.04 bits per heavy atom. The number of nitrogens with zero attached hydrogens (tertiary/aromatic N) is 1. The number of likely N-dealkylation sites (N-methyl/N-ethyl adjacent to an activating group) is 1. The summed E-state index contributed by atoms with van der Waals surface area (Å²) in [6, 6.07) is 0. The largest absolute Gasteiger partial charge is 0.472 e. The second kappa shape index (κ2) is 38.4. The van der Waals surface area contributed by atoms with E-state index in [4.69, 9.17) is 18.5 Å². The van der Waals surface area contributed by atoms with Crippen molar-refractivity contribution in [3.8, 4) is 0 Å². The predicted octanol–water partition coefficient (Wildman–Crippen LogP) is 12.2. The zero-order chi connectivity index (χ0) is 42.1. The molecule has 0 heterocycles. The molecule has 0 aliphatic heterocycles. The zero-order valence-electron chi connectivity index (χ0n) is 36.3. The fraction of sp³-hybridized carbons (Fsp3) is 0.617. The topological polar surface area (TPSA) is 108 Å². The Hall–Kier alpha value is -3.07. The average Bonchev–Trinajstić information content (AvgIpc) is 3.16. The number of phosphoric acid groups is 1. The van der Waals surface area contributed by atoms with Crippen molar-refractivity contribution in [1.82, 2.24) is 0 Å². The number of rotatable bonds is 37. The fourth-order valence-electron chi connectivity index (χ4n) is 5.00. The van der Waals surface area contributed by atoms with Crippen LogP contribution in [0, 0.1) is 0 Å². The molecule has 0 aromatic carbocycles. The van der Waals surface area contributed by atoms with Crippen LogP contribution in [0.15, 0.2) is 97.2 Å². The molecule has 324 valence electrons. The lowest BCUT2D eigenvalue weighted by Gasteiger charge is -2.24. The van der Waals surface area contributed by atoms with E-state index in [2.05, 4.69) is 98.9 Å². The van der Waals surface area contributed by atoms with E-state index in [9.17, 15) is 19.0 Å². The number of carbonyl (C=O) groups excluding carboxylic acids is 2. The number of hydrogen-bond donors (Lipinski definition) is 1. The summed E-state index contributed by atoms with van der Waals surface area (Å²) in [6.45, 7) is 4.13. The molecule has 0 aromatic heterocycles. The SMILES string of the molecule is CC/C=C\C/C=C\C/C=C\C/C=C\C/C=C\C/C=C\CCC(=O)OC[C@H](COP(=O)(O)OCC[N+](C)(C)C)OC(=O)CCCCCCC/C=C\C/C=C\CCCC. The summed E-state index contributed by atoms with van der Waals surface area (Å²) in [6.07, 6.45) is 50.4. The lowest BCUT2D eigenvalue weighted by Crippen LogP contribution is -2.37. The smallest absolute Gasteiger partial charge is 0.462 e. The number of hydrogen-bond acceptors (Lipinski definition) is 7. The van der Waals surface area contributed by atoms with Crippen molar-refractivity contribution < 1.29 is 42.1 Å². The highest BCUT2D eigenvalue weighted by Gasteiger charge is 2.27. The van der Waals surface area contributed by atoms with E-state index in [1.807, 2.05) is 33.3 Å². The van der Waals surface area contributed by atoms with Gasteiger partial charge in [0, 0.05) is 12.8 Å². The van der Waals surface area contributed by atoms with Gasteiger partial charge in [0.15, 0.2) is 6.10 Å². The molecule has 9 nitrogen and oxygen atoms in total. The first-order chi connectivity index (χ1) is 27.5. The first-order valence-corrected chi connectivity index (χ1v) is 23.0. The lowest BCUT2D eigenvalue weighted by molar-refractivity contribution is -0.870. The molecule has 1 N–H and O–H groups in total. The first kappa shape index (κ1) is 53.9. The third-order valence-electron chi connectivity index (χ3n) is 8.36. The van der Waals surface area contributed by atoms with Gasteiger partial charge in [0.2, 0.25) is 0 Å². The number of ether oxygens (including phenoxy) is 2. The Labute approximate surface area is 347 Å². The Morgan fingerprint density at radius 3 is 1.56 bits per heavy atom. The monoisotopic (exact) mass is 817 g/mol. The van der Waals surface area contributed by atoms with Crippen molar-refractivity contribution in [2.75, 3.05) is 47.5 Å². The minimum absolute atomic E-state index is 0.0120. The highest BCUT2D eigenvalue weighted by Crippen LogP contribution is 2.43. The summed E-state index contributed by atoms with van der Waals surface area (Å²) < 4.78 is 34.2. The molecule has 0 bridgehead atoms. The second-order valence-corrected chi connectivity index (χ2v) is 16.4. The molecule has 0 saturated carbocycles. The van der Waals surface area contributed by atoms with Crippen LogP contribution in [0.5, 0.6) is 0 Å². The number of esters is 2. The van der Waals surface area contributed by atoms with Gasteiger partial charge in [0.25, 0.3) is 0 Å². The van der Waals surface area contributed by atoms with Crippen LogP contribution in [0.1, 0.15) is 136 Å². The van der Waals surface area contributed by atoms with E-state index < -0.39 is 32.5 Å². The molecule has 10 heteroatoms. The molecular formula is C47H79NO8P+. The summed E-state index contributed by atoms with van der Waals surface area (Å²) in [5.74, 6) is -0.925. The maximum absolute atomic E-state index is 12.7. The van der Waals surface area contributed by atoms with Crippen molar-refractivity contribution in [2.45, 2.75) is 142 Å². The molecule has 57 heavy (non-hydrogen) atoms. The molecule has 0 saturated heterocycles. The van der Waals surface area contributed by atoms with Crippen molar-refractivity contribution >= 4 is 19.8 Å². The van der Waals surface area contributed by atoms with E-state index in [0.29, 0.717) is 23.9 Å². The van der Waals surface area contributed by atoms with E-state index in [-0.39, 0.29) is 26.1 Å². The summed E-state index contributed by atoms with van der Waals surface area (Å²) in [4.78, 5) is 35.3. The highest BCUT2D eigenvalue weighted by atomic mass is 31.2. The summed E-state index contributed by atoms with van der Waals surface area (Å²) in [5, 5.41) is 0. The van der Waals surface area contributed by atoms with Gasteiger partial charge >= 0.3 is 19.8 Å². The highest BCUT2D eigenvalue weighted by molar-refractivity contribution is 7.47. The average molecular weight is 817 g/mol. The number of quaternary nitrogens is 1. The van der Waals surface area contributed by atoms with E-state index in [1.165, 1.54) is 12.8 Å². The number of phosphoric ester groups is 1. The van der Waals surface area contributed by atoms with Crippen LogP contribution < -0.4 is 0 Å². The maximum Gasteiger partial charge on any atom is 0.472 e. The van der Waals surface area contributed by atoms with Gasteiger partial charge in [-0.25, -0.2) is 4.57 Å². The van der Waals surface area contributed by atoms with Crippen LogP contribution in [-0.4, -0.2) is 74.9 Å². The molecule has 0 radical (unpaired) electrons. The van der Waals surface area contributed by atoms with Crippen LogP contribution in [0.3, 0.4) is 0 Å². The van der Waals surface area contributed by atoms with Crippen molar-refractivity contribution in [2.24, 2.45) is 0 Å². The van der Waals surface area contributed by atoms with Crippen LogP contribution in [-0.2, 0) is 32.7 Å². The molecule has 0 spiro atoms. The minimum atomic E-state index is -4.40. The lowest BCUT2D eigenvalue weighted by atomic mass is 10.1. The third kappa shape index (κ3) is 42.4. The third-order valence-corrected chi connectivity index (χ3v) is 9.35. The molecule has 0 aliphatic rings. The zero-order valence-corrected chi connectivity index (χ0v) is 37.2. The van der Waals surface area contributed by atoms with Crippen molar-refractivity contribution in [1.29, 1.82) is 0 Å². The van der Waals surface area contributed by atoms with Gasteiger partial charge in [0.1, 0.15) is 19.8 Å². The first-order valence-electron chi connectivity index (χ1n) is 21.5. The number of carbonyl (C=O) groups is 2. The maximum atomic E-state index is 12.7. The van der Waals surface area contributed by atoms with Gasteiger partial charge in [-0.05, 0) is 77.0 Å². The summed E-state index contributed by atoms with van der Waals surface area (Å²) in [5.41, 5.74) is 0. The van der Waals surface area contributed by atoms with E-state index in [1.54, 1.807) is 0 Å². The van der Waals surface area contributed by atoms with Crippen molar-refractivity contribution in [3.05, 3.63) is 97.2 Å². The van der Waals surface area contributed by atoms with Crippen LogP contribution in [0.25, 0.3) is 0 Å². The van der Waals surface area contributed by atoms with Gasteiger partial charge in [-0.2, -0.15) is 0 Å². The quantitative estimate of drug-likeness (QED) is 0.0217. The minimum Gasteiger partial charge on any atom is -0.462 e. The predicted molar refractivity (Wildman–Crippen MR) is 238 cm³/mol. The molecule has 0 aromatic rings. The molecule has 0 amide bonds. The fourth-order valence-corrected chi connectivity index (χ4v) is 5.74. The van der Waals surface area contributed by atoms with Crippen LogP contribution >= 0.6 is 7.82 Å². The van der Waals surface area contributed by atoms with Gasteiger partial charge in [-0.3, -0.25) is 18.6 Å². The van der Waals surface area contributed by atoms with Gasteiger partial charge in [-0.1, -0.05) is 143 Å². The second-order valence-electron chi connectivity index (χ2n) is 15.0. The normalized spacial score (nSPS) is 14.6. The Balaban J connectivity index is 4.54.